The number of hydrogen-bond acceptors (Lipinski definition) is 4. The van der Waals surface area contributed by atoms with Crippen LogP contribution in [0, 0.1) is 5.92 Å². The number of aromatic nitrogens is 1. The summed E-state index contributed by atoms with van der Waals surface area (Å²) < 4.78 is 0. The van der Waals surface area contributed by atoms with Gasteiger partial charge >= 0.3 is 5.97 Å². The molecule has 1 fully saturated rings. The summed E-state index contributed by atoms with van der Waals surface area (Å²) in [5.41, 5.74) is 0.0642. The summed E-state index contributed by atoms with van der Waals surface area (Å²) in [5.74, 6) is -1.44. The number of carboxylic acids is 1. The molecular weight excluding hydrogens is 274 g/mol. The molecule has 0 aromatic carbocycles. The van der Waals surface area contributed by atoms with Gasteiger partial charge in [0.05, 0.1) is 11.5 Å². The fraction of sp³-hybridized carbons (Fsp3) is 0.429. The molecule has 0 radical (unpaired) electrons. The van der Waals surface area contributed by atoms with Gasteiger partial charge in [-0.1, -0.05) is 0 Å². The Balaban J connectivity index is 2.02. The van der Waals surface area contributed by atoms with Crippen molar-refractivity contribution in [3.63, 3.8) is 0 Å². The maximum absolute atomic E-state index is 12.2. The molecule has 0 saturated carbocycles. The van der Waals surface area contributed by atoms with Crippen molar-refractivity contribution in [2.75, 3.05) is 18.4 Å². The molecule has 1 aromatic rings. The van der Waals surface area contributed by atoms with Crippen LogP contribution >= 0.6 is 0 Å². The molecule has 21 heavy (non-hydrogen) atoms. The maximum atomic E-state index is 12.2. The molecule has 2 rings (SSSR count). The average Bonchev–Trinajstić information content (AvgIpc) is 2.47. The Bertz CT molecular complexity index is 573. The van der Waals surface area contributed by atoms with E-state index in [9.17, 15) is 14.4 Å². The second-order valence-electron chi connectivity index (χ2n) is 5.03. The number of carbonyl (C=O) groups is 3. The van der Waals surface area contributed by atoms with Crippen molar-refractivity contribution < 1.29 is 19.5 Å². The zero-order valence-electron chi connectivity index (χ0n) is 11.7. The predicted octanol–water partition coefficient (Wildman–Crippen LogP) is 0.977. The number of likely N-dealkylation sites (tertiary alicyclic amines) is 1. The molecule has 2 amide bonds. The standard InChI is InChI=1S/C14H17N3O4/c1-9(18)17-6-2-3-11(8-17)13(19)16-12-7-10(14(20)21)4-5-15-12/h4-5,7,11H,2-3,6,8H2,1H3,(H,20,21)(H,15,16,19). The first-order valence-corrected chi connectivity index (χ1v) is 6.73. The first-order valence-electron chi connectivity index (χ1n) is 6.73. The van der Waals surface area contributed by atoms with Gasteiger partial charge in [-0.3, -0.25) is 9.59 Å². The normalized spacial score (nSPS) is 18.1. The van der Waals surface area contributed by atoms with Gasteiger partial charge in [0.15, 0.2) is 0 Å². The second-order valence-corrected chi connectivity index (χ2v) is 5.03. The SMILES string of the molecule is CC(=O)N1CCCC(C(=O)Nc2cc(C(=O)O)ccn2)C1. The van der Waals surface area contributed by atoms with E-state index in [1.807, 2.05) is 0 Å². The highest BCUT2D eigenvalue weighted by molar-refractivity contribution is 5.94. The van der Waals surface area contributed by atoms with Crippen molar-refractivity contribution >= 4 is 23.6 Å². The molecule has 7 nitrogen and oxygen atoms in total. The molecule has 1 unspecified atom stereocenters. The molecule has 0 spiro atoms. The highest BCUT2D eigenvalue weighted by Crippen LogP contribution is 2.18. The minimum atomic E-state index is -1.08. The summed E-state index contributed by atoms with van der Waals surface area (Å²) in [7, 11) is 0. The zero-order chi connectivity index (χ0) is 15.4. The van der Waals surface area contributed by atoms with Crippen LogP contribution in [0.15, 0.2) is 18.3 Å². The van der Waals surface area contributed by atoms with E-state index in [1.54, 1.807) is 4.90 Å². The van der Waals surface area contributed by atoms with E-state index in [1.165, 1.54) is 25.3 Å². The Kier molecular flexibility index (Phi) is 4.52. The number of pyridine rings is 1. The molecule has 7 heteroatoms. The minimum Gasteiger partial charge on any atom is -0.478 e. The van der Waals surface area contributed by atoms with Crippen molar-refractivity contribution in [3.8, 4) is 0 Å². The summed E-state index contributed by atoms with van der Waals surface area (Å²) in [6.45, 7) is 2.55. The smallest absolute Gasteiger partial charge is 0.335 e. The van der Waals surface area contributed by atoms with Crippen LogP contribution in [-0.2, 0) is 9.59 Å². The molecule has 2 heterocycles. The number of aromatic carboxylic acids is 1. The molecule has 0 aliphatic carbocycles. The monoisotopic (exact) mass is 291 g/mol. The second kappa shape index (κ2) is 6.34. The zero-order valence-corrected chi connectivity index (χ0v) is 11.7. The van der Waals surface area contributed by atoms with E-state index in [4.69, 9.17) is 5.11 Å². The quantitative estimate of drug-likeness (QED) is 0.864. The van der Waals surface area contributed by atoms with E-state index in [2.05, 4.69) is 10.3 Å². The Hall–Kier alpha value is -2.44. The number of nitrogens with one attached hydrogen (secondary N) is 1. The van der Waals surface area contributed by atoms with Crippen LogP contribution < -0.4 is 5.32 Å². The molecule has 0 bridgehead atoms. The molecule has 1 aliphatic rings. The van der Waals surface area contributed by atoms with Crippen molar-refractivity contribution in [2.24, 2.45) is 5.92 Å². The topological polar surface area (TPSA) is 99.6 Å². The molecular formula is C14H17N3O4. The first kappa shape index (κ1) is 15.0. The van der Waals surface area contributed by atoms with Gasteiger partial charge in [0.2, 0.25) is 11.8 Å². The lowest BCUT2D eigenvalue weighted by atomic mass is 9.97. The van der Waals surface area contributed by atoms with E-state index in [-0.39, 0.29) is 29.1 Å². The van der Waals surface area contributed by atoms with Gasteiger partial charge in [-0.2, -0.15) is 0 Å². The van der Waals surface area contributed by atoms with Crippen LogP contribution in [0.3, 0.4) is 0 Å². The third kappa shape index (κ3) is 3.77. The molecule has 1 saturated heterocycles. The summed E-state index contributed by atoms with van der Waals surface area (Å²) in [4.78, 5) is 40.0. The van der Waals surface area contributed by atoms with Gasteiger partial charge in [-0.05, 0) is 25.0 Å². The lowest BCUT2D eigenvalue weighted by molar-refractivity contribution is -0.132. The molecule has 1 aliphatic heterocycles. The van der Waals surface area contributed by atoms with E-state index >= 15 is 0 Å². The Labute approximate surface area is 122 Å². The largest absolute Gasteiger partial charge is 0.478 e. The average molecular weight is 291 g/mol. The summed E-state index contributed by atoms with van der Waals surface area (Å²) in [6.07, 6.45) is 2.82. The van der Waals surface area contributed by atoms with Crippen LogP contribution in [0.1, 0.15) is 30.1 Å². The van der Waals surface area contributed by atoms with Crippen molar-refractivity contribution in [3.05, 3.63) is 23.9 Å². The van der Waals surface area contributed by atoms with Gasteiger partial charge in [-0.25, -0.2) is 9.78 Å². The van der Waals surface area contributed by atoms with Crippen molar-refractivity contribution in [1.29, 1.82) is 0 Å². The fourth-order valence-electron chi connectivity index (χ4n) is 2.34. The predicted molar refractivity (Wildman–Crippen MR) is 74.8 cm³/mol. The highest BCUT2D eigenvalue weighted by Gasteiger charge is 2.27. The first-order chi connectivity index (χ1) is 9.97. The number of carboxylic acid groups (broad SMARTS) is 1. The Morgan fingerprint density at radius 3 is 2.86 bits per heavy atom. The summed E-state index contributed by atoms with van der Waals surface area (Å²) in [5, 5.41) is 11.5. The lowest BCUT2D eigenvalue weighted by Gasteiger charge is -2.31. The number of carbonyl (C=O) groups excluding carboxylic acids is 2. The Morgan fingerprint density at radius 1 is 1.43 bits per heavy atom. The van der Waals surface area contributed by atoms with Gasteiger partial charge < -0.3 is 15.3 Å². The molecule has 112 valence electrons. The van der Waals surface area contributed by atoms with E-state index in [0.29, 0.717) is 19.5 Å². The maximum Gasteiger partial charge on any atom is 0.335 e. The number of piperidine rings is 1. The van der Waals surface area contributed by atoms with Crippen LogP contribution in [0.25, 0.3) is 0 Å². The number of anilines is 1. The van der Waals surface area contributed by atoms with Gasteiger partial charge in [0.1, 0.15) is 5.82 Å². The summed E-state index contributed by atoms with van der Waals surface area (Å²) in [6, 6.07) is 2.67. The summed E-state index contributed by atoms with van der Waals surface area (Å²) >= 11 is 0. The van der Waals surface area contributed by atoms with Crippen LogP contribution in [-0.4, -0.2) is 45.9 Å². The highest BCUT2D eigenvalue weighted by atomic mass is 16.4. The minimum absolute atomic E-state index is 0.0431. The van der Waals surface area contributed by atoms with Crippen LogP contribution in [0.2, 0.25) is 0 Å². The van der Waals surface area contributed by atoms with Crippen molar-refractivity contribution in [1.82, 2.24) is 9.88 Å². The third-order valence-corrected chi connectivity index (χ3v) is 3.50. The van der Waals surface area contributed by atoms with Crippen LogP contribution in [0.5, 0.6) is 0 Å². The third-order valence-electron chi connectivity index (χ3n) is 3.50. The van der Waals surface area contributed by atoms with Gasteiger partial charge in [0, 0.05) is 26.2 Å². The van der Waals surface area contributed by atoms with E-state index in [0.717, 1.165) is 6.42 Å². The molecule has 1 atom stereocenters. The van der Waals surface area contributed by atoms with Gasteiger partial charge in [0.25, 0.3) is 0 Å². The Morgan fingerprint density at radius 2 is 2.19 bits per heavy atom. The number of hydrogen-bond donors (Lipinski definition) is 2. The number of rotatable bonds is 3. The van der Waals surface area contributed by atoms with Crippen molar-refractivity contribution in [2.45, 2.75) is 19.8 Å². The molecule has 2 N–H and O–H groups in total. The van der Waals surface area contributed by atoms with Crippen LogP contribution in [0.4, 0.5) is 5.82 Å². The molecule has 1 aromatic heterocycles. The number of nitrogens with zero attached hydrogens (tertiary/aromatic N) is 2. The fourth-order valence-corrected chi connectivity index (χ4v) is 2.34. The lowest BCUT2D eigenvalue weighted by Crippen LogP contribution is -2.42. The van der Waals surface area contributed by atoms with Gasteiger partial charge in [-0.15, -0.1) is 0 Å². The van der Waals surface area contributed by atoms with E-state index < -0.39 is 5.97 Å². The number of amides is 2.